The lowest BCUT2D eigenvalue weighted by molar-refractivity contribution is 0.0693. The maximum Gasteiger partial charge on any atom is 0.225 e. The van der Waals surface area contributed by atoms with Crippen LogP contribution >= 0.6 is 0 Å². The normalized spacial score (nSPS) is 12.1. The Balaban J connectivity index is 1.36. The van der Waals surface area contributed by atoms with Crippen molar-refractivity contribution in [3.05, 3.63) is 60.8 Å². The fourth-order valence-electron chi connectivity index (χ4n) is 4.05. The minimum atomic E-state index is -0.659. The van der Waals surface area contributed by atoms with Crippen molar-refractivity contribution >= 4 is 39.5 Å². The van der Waals surface area contributed by atoms with E-state index in [2.05, 4.69) is 30.2 Å². The van der Waals surface area contributed by atoms with E-state index in [1.165, 1.54) is 6.33 Å². The smallest absolute Gasteiger partial charge is 0.225 e. The van der Waals surface area contributed by atoms with Crippen molar-refractivity contribution in [3.63, 3.8) is 0 Å². The van der Waals surface area contributed by atoms with Crippen molar-refractivity contribution in [1.82, 2.24) is 29.5 Å². The van der Waals surface area contributed by atoms with Gasteiger partial charge in [-0.25, -0.2) is 24.9 Å². The van der Waals surface area contributed by atoms with E-state index in [4.69, 9.17) is 9.47 Å². The van der Waals surface area contributed by atoms with E-state index in [1.54, 1.807) is 24.5 Å². The third-order valence-electron chi connectivity index (χ3n) is 5.91. The molecule has 11 heteroatoms. The molecule has 0 bridgehead atoms. The van der Waals surface area contributed by atoms with Crippen LogP contribution in [0.1, 0.15) is 5.56 Å². The molecule has 0 spiro atoms. The van der Waals surface area contributed by atoms with Crippen LogP contribution in [0, 0.1) is 6.92 Å². The number of likely N-dealkylation sites (N-methyl/N-ethyl adjacent to an activating group) is 1. The Morgan fingerprint density at radius 3 is 2.76 bits per heavy atom. The molecular weight excluding hydrogens is 472 g/mol. The molecule has 190 valence electrons. The first-order valence-corrected chi connectivity index (χ1v) is 11.7. The van der Waals surface area contributed by atoms with Gasteiger partial charge in [0.25, 0.3) is 0 Å². The minimum absolute atomic E-state index is 0.227. The number of benzene rings is 2. The Hall–Kier alpha value is -4.35. The number of nitrogens with zero attached hydrogens (tertiary/aromatic N) is 7. The van der Waals surface area contributed by atoms with Crippen LogP contribution in [0.3, 0.4) is 0 Å². The zero-order valence-electron chi connectivity index (χ0n) is 21.1. The van der Waals surface area contributed by atoms with Gasteiger partial charge in [0.15, 0.2) is 5.82 Å². The summed E-state index contributed by atoms with van der Waals surface area (Å²) in [5.74, 6) is 2.47. The second kappa shape index (κ2) is 10.3. The van der Waals surface area contributed by atoms with Gasteiger partial charge >= 0.3 is 0 Å². The number of hydrogen-bond acceptors (Lipinski definition) is 10. The topological polar surface area (TPSA) is 123 Å². The SMILES string of the molecule is COC[C@H](O)CN(C)c1ncc2ncnc(Nc3ccc(Oc4ccc5c(c4)ncn5C)c(C)c3)c2n1. The number of methoxy groups -OCH3 is 1. The maximum atomic E-state index is 10.1. The summed E-state index contributed by atoms with van der Waals surface area (Å²) in [6.45, 7) is 2.53. The number of aryl methyl sites for hydroxylation is 2. The van der Waals surface area contributed by atoms with Crippen molar-refractivity contribution in [1.29, 1.82) is 0 Å². The predicted molar refractivity (Wildman–Crippen MR) is 142 cm³/mol. The molecule has 37 heavy (non-hydrogen) atoms. The van der Waals surface area contributed by atoms with Crippen molar-refractivity contribution in [3.8, 4) is 11.5 Å². The average molecular weight is 501 g/mol. The van der Waals surface area contributed by atoms with E-state index in [-0.39, 0.29) is 6.61 Å². The number of nitrogens with one attached hydrogen (secondary N) is 1. The van der Waals surface area contributed by atoms with Gasteiger partial charge in [-0.2, -0.15) is 0 Å². The van der Waals surface area contributed by atoms with E-state index in [0.717, 1.165) is 33.8 Å². The molecule has 3 aromatic heterocycles. The van der Waals surface area contributed by atoms with Gasteiger partial charge < -0.3 is 29.4 Å². The van der Waals surface area contributed by atoms with Crippen LogP contribution in [0.25, 0.3) is 22.1 Å². The fraction of sp³-hybridized carbons (Fsp3) is 0.269. The summed E-state index contributed by atoms with van der Waals surface area (Å²) in [6.07, 6.45) is 4.24. The zero-order chi connectivity index (χ0) is 25.9. The molecule has 5 aromatic rings. The van der Waals surface area contributed by atoms with Crippen molar-refractivity contribution < 1.29 is 14.6 Å². The lowest BCUT2D eigenvalue weighted by Crippen LogP contribution is -2.32. The lowest BCUT2D eigenvalue weighted by atomic mass is 10.2. The zero-order valence-corrected chi connectivity index (χ0v) is 21.1. The first kappa shape index (κ1) is 24.3. The van der Waals surface area contributed by atoms with E-state index in [9.17, 15) is 5.11 Å². The molecule has 0 aliphatic carbocycles. The molecule has 2 aromatic carbocycles. The highest BCUT2D eigenvalue weighted by Crippen LogP contribution is 2.31. The van der Waals surface area contributed by atoms with Crippen LogP contribution in [-0.2, 0) is 11.8 Å². The fourth-order valence-corrected chi connectivity index (χ4v) is 4.05. The van der Waals surface area contributed by atoms with Crippen LogP contribution in [0.4, 0.5) is 17.5 Å². The number of hydrogen-bond donors (Lipinski definition) is 2. The van der Waals surface area contributed by atoms with Gasteiger partial charge in [-0.15, -0.1) is 0 Å². The van der Waals surface area contributed by atoms with Crippen molar-refractivity contribution in [2.24, 2.45) is 7.05 Å². The number of aliphatic hydroxyl groups is 1. The standard InChI is InChI=1S/C26H28N8O3/c1-16-9-17(5-8-23(16)37-19-6-7-22-20(10-19)30-15-34(22)3)31-25-24-21(28-14-29-25)11-27-26(32-24)33(2)12-18(35)13-36-4/h5-11,14-15,18,35H,12-13H2,1-4H3,(H,28,29,31)/t18-/m1/s1. The third-order valence-corrected chi connectivity index (χ3v) is 5.91. The quantitative estimate of drug-likeness (QED) is 0.310. The second-order valence-corrected chi connectivity index (χ2v) is 8.83. The minimum Gasteiger partial charge on any atom is -0.457 e. The molecule has 5 rings (SSSR count). The van der Waals surface area contributed by atoms with E-state index in [1.807, 2.05) is 62.0 Å². The summed E-state index contributed by atoms with van der Waals surface area (Å²) in [5, 5.41) is 13.4. The Morgan fingerprint density at radius 1 is 1.08 bits per heavy atom. The van der Waals surface area contributed by atoms with Crippen molar-refractivity contribution in [2.45, 2.75) is 13.0 Å². The molecule has 0 aliphatic rings. The second-order valence-electron chi connectivity index (χ2n) is 8.83. The third kappa shape index (κ3) is 5.27. The molecule has 11 nitrogen and oxygen atoms in total. The number of aromatic nitrogens is 6. The Bertz CT molecular complexity index is 1550. The lowest BCUT2D eigenvalue weighted by Gasteiger charge is -2.20. The maximum absolute atomic E-state index is 10.1. The molecule has 0 aliphatic heterocycles. The average Bonchev–Trinajstić information content (AvgIpc) is 3.25. The molecule has 2 N–H and O–H groups in total. The summed E-state index contributed by atoms with van der Waals surface area (Å²) in [5.41, 5.74) is 4.88. The largest absolute Gasteiger partial charge is 0.457 e. The number of fused-ring (bicyclic) bond motifs is 2. The van der Waals surface area contributed by atoms with Gasteiger partial charge in [-0.05, 0) is 42.8 Å². The predicted octanol–water partition coefficient (Wildman–Crippen LogP) is 3.59. The first-order chi connectivity index (χ1) is 17.9. The number of imidazole rings is 1. The molecule has 3 heterocycles. The van der Waals surface area contributed by atoms with E-state index in [0.29, 0.717) is 29.3 Å². The number of anilines is 3. The Morgan fingerprint density at radius 2 is 1.95 bits per heavy atom. The summed E-state index contributed by atoms with van der Waals surface area (Å²) >= 11 is 0. The summed E-state index contributed by atoms with van der Waals surface area (Å²) < 4.78 is 13.1. The van der Waals surface area contributed by atoms with Crippen LogP contribution in [0.2, 0.25) is 0 Å². The summed E-state index contributed by atoms with van der Waals surface area (Å²) in [7, 11) is 5.32. The Labute approximate surface area is 213 Å². The highest BCUT2D eigenvalue weighted by molar-refractivity contribution is 5.87. The van der Waals surface area contributed by atoms with Crippen LogP contribution < -0.4 is 15.0 Å². The molecule has 0 fully saturated rings. The van der Waals surface area contributed by atoms with Crippen molar-refractivity contribution in [2.75, 3.05) is 37.5 Å². The van der Waals surface area contributed by atoms with Gasteiger partial charge in [0.05, 0.1) is 36.3 Å². The molecule has 0 saturated carbocycles. The Kier molecular flexibility index (Phi) is 6.80. The molecule has 0 radical (unpaired) electrons. The number of aliphatic hydroxyl groups excluding tert-OH is 1. The monoisotopic (exact) mass is 500 g/mol. The van der Waals surface area contributed by atoms with Gasteiger partial charge in [0.2, 0.25) is 5.95 Å². The van der Waals surface area contributed by atoms with Crippen LogP contribution in [0.15, 0.2) is 55.2 Å². The molecular formula is C26H28N8O3. The van der Waals surface area contributed by atoms with Gasteiger partial charge in [-0.3, -0.25) is 0 Å². The van der Waals surface area contributed by atoms with E-state index >= 15 is 0 Å². The van der Waals surface area contributed by atoms with Crippen LogP contribution in [0.5, 0.6) is 11.5 Å². The highest BCUT2D eigenvalue weighted by Gasteiger charge is 2.14. The first-order valence-electron chi connectivity index (χ1n) is 11.7. The highest BCUT2D eigenvalue weighted by atomic mass is 16.5. The van der Waals surface area contributed by atoms with Gasteiger partial charge in [0, 0.05) is 39.5 Å². The van der Waals surface area contributed by atoms with Gasteiger partial charge in [0.1, 0.15) is 28.9 Å². The van der Waals surface area contributed by atoms with E-state index < -0.39 is 6.10 Å². The van der Waals surface area contributed by atoms with Crippen LogP contribution in [-0.4, -0.2) is 68.0 Å². The molecule has 0 unspecified atom stereocenters. The molecule has 0 amide bonds. The number of rotatable bonds is 9. The number of ether oxygens (including phenoxy) is 2. The summed E-state index contributed by atoms with van der Waals surface area (Å²) in [6, 6.07) is 11.7. The molecule has 1 atom stereocenters. The summed E-state index contributed by atoms with van der Waals surface area (Å²) in [4.78, 5) is 23.9. The molecule has 0 saturated heterocycles. The van der Waals surface area contributed by atoms with Gasteiger partial charge in [-0.1, -0.05) is 0 Å².